The average Bonchev–Trinajstić information content (AvgIpc) is 2.81. The van der Waals surface area contributed by atoms with Gasteiger partial charge in [0, 0.05) is 12.6 Å². The maximum Gasteiger partial charge on any atom is 0.165 e. The van der Waals surface area contributed by atoms with E-state index in [2.05, 4.69) is 5.32 Å². The van der Waals surface area contributed by atoms with E-state index in [1.165, 1.54) is 38.9 Å². The molecular weight excluding hydrogens is 205 g/mol. The number of benzene rings is 1. The summed E-state index contributed by atoms with van der Waals surface area (Å²) < 4.78 is 18.1. The molecule has 1 fully saturated rings. The lowest BCUT2D eigenvalue weighted by Gasteiger charge is -2.12. The molecule has 0 aromatic heterocycles. The molecule has 2 rings (SSSR count). The van der Waals surface area contributed by atoms with E-state index in [9.17, 15) is 4.39 Å². The molecule has 3 heteroatoms. The molecule has 2 nitrogen and oxygen atoms in total. The molecule has 0 spiro atoms. The van der Waals surface area contributed by atoms with Gasteiger partial charge in [0.25, 0.3) is 0 Å². The van der Waals surface area contributed by atoms with Crippen LogP contribution in [0.2, 0.25) is 0 Å². The minimum Gasteiger partial charge on any atom is -0.494 e. The summed E-state index contributed by atoms with van der Waals surface area (Å²) in [5.41, 5.74) is 1.07. The van der Waals surface area contributed by atoms with Crippen molar-refractivity contribution < 1.29 is 9.13 Å². The van der Waals surface area contributed by atoms with Crippen molar-refractivity contribution in [2.24, 2.45) is 0 Å². The molecule has 0 amide bonds. The number of rotatable bonds is 4. The first-order chi connectivity index (χ1) is 7.79. The van der Waals surface area contributed by atoms with Gasteiger partial charge in [0.05, 0.1) is 7.11 Å². The van der Waals surface area contributed by atoms with Gasteiger partial charge in [-0.25, -0.2) is 4.39 Å². The van der Waals surface area contributed by atoms with Crippen molar-refractivity contribution in [3.63, 3.8) is 0 Å². The smallest absolute Gasteiger partial charge is 0.165 e. The minimum atomic E-state index is -0.299. The highest BCUT2D eigenvalue weighted by atomic mass is 19.1. The summed E-state index contributed by atoms with van der Waals surface area (Å²) in [4.78, 5) is 0. The third-order valence-corrected chi connectivity index (χ3v) is 3.17. The number of hydrogen-bond acceptors (Lipinski definition) is 2. The highest BCUT2D eigenvalue weighted by Crippen LogP contribution is 2.20. The molecule has 1 aliphatic carbocycles. The van der Waals surface area contributed by atoms with Gasteiger partial charge in [-0.15, -0.1) is 0 Å². The number of nitrogens with one attached hydrogen (secondary N) is 1. The first-order valence-corrected chi connectivity index (χ1v) is 5.85. The Kier molecular flexibility index (Phi) is 3.78. The van der Waals surface area contributed by atoms with Crippen LogP contribution in [0.3, 0.4) is 0 Å². The highest BCUT2D eigenvalue weighted by Gasteiger charge is 2.14. The molecule has 16 heavy (non-hydrogen) atoms. The molecular formula is C13H18FNO. The van der Waals surface area contributed by atoms with E-state index in [0.717, 1.165) is 12.1 Å². The van der Waals surface area contributed by atoms with Crippen LogP contribution in [-0.2, 0) is 6.54 Å². The second-order valence-corrected chi connectivity index (χ2v) is 4.33. The van der Waals surface area contributed by atoms with Gasteiger partial charge >= 0.3 is 0 Å². The van der Waals surface area contributed by atoms with Gasteiger partial charge < -0.3 is 10.1 Å². The van der Waals surface area contributed by atoms with E-state index < -0.39 is 0 Å². The molecule has 1 saturated carbocycles. The lowest BCUT2D eigenvalue weighted by atomic mass is 10.2. The third-order valence-electron chi connectivity index (χ3n) is 3.17. The largest absolute Gasteiger partial charge is 0.494 e. The maximum atomic E-state index is 13.2. The molecule has 0 radical (unpaired) electrons. The predicted octanol–water partition coefficient (Wildman–Crippen LogP) is 2.87. The summed E-state index contributed by atoms with van der Waals surface area (Å²) in [5.74, 6) is 0.0258. The number of methoxy groups -OCH3 is 1. The zero-order valence-corrected chi connectivity index (χ0v) is 9.63. The molecule has 1 N–H and O–H groups in total. The molecule has 1 aromatic rings. The number of ether oxygens (including phenoxy) is 1. The highest BCUT2D eigenvalue weighted by molar-refractivity contribution is 5.30. The van der Waals surface area contributed by atoms with Crippen LogP contribution in [0.4, 0.5) is 4.39 Å². The van der Waals surface area contributed by atoms with Crippen LogP contribution in [0.5, 0.6) is 5.75 Å². The van der Waals surface area contributed by atoms with Crippen molar-refractivity contribution in [3.8, 4) is 5.75 Å². The van der Waals surface area contributed by atoms with Crippen LogP contribution in [-0.4, -0.2) is 13.2 Å². The van der Waals surface area contributed by atoms with Gasteiger partial charge in [-0.2, -0.15) is 0 Å². The normalized spacial score (nSPS) is 16.6. The van der Waals surface area contributed by atoms with Gasteiger partial charge in [-0.1, -0.05) is 18.9 Å². The Balaban J connectivity index is 1.93. The van der Waals surface area contributed by atoms with Crippen LogP contribution >= 0.6 is 0 Å². The van der Waals surface area contributed by atoms with Gasteiger partial charge in [0.2, 0.25) is 0 Å². The quantitative estimate of drug-likeness (QED) is 0.847. The Bertz CT molecular complexity index is 348. The molecule has 88 valence electrons. The average molecular weight is 223 g/mol. The molecule has 1 aromatic carbocycles. The second-order valence-electron chi connectivity index (χ2n) is 4.33. The standard InChI is InChI=1S/C13H18FNO/c1-16-13-8-10(6-7-12(13)14)9-15-11-4-2-3-5-11/h6-8,11,15H,2-5,9H2,1H3. The first kappa shape index (κ1) is 11.4. The fourth-order valence-corrected chi connectivity index (χ4v) is 2.21. The van der Waals surface area contributed by atoms with Crippen molar-refractivity contribution in [2.75, 3.05) is 7.11 Å². The van der Waals surface area contributed by atoms with E-state index in [0.29, 0.717) is 11.8 Å². The van der Waals surface area contributed by atoms with Crippen LogP contribution in [0.15, 0.2) is 18.2 Å². The van der Waals surface area contributed by atoms with Crippen LogP contribution in [0.25, 0.3) is 0 Å². The van der Waals surface area contributed by atoms with E-state index in [1.54, 1.807) is 12.1 Å². The molecule has 0 bridgehead atoms. The molecule has 0 saturated heterocycles. The summed E-state index contributed by atoms with van der Waals surface area (Å²) in [5, 5.41) is 3.49. The monoisotopic (exact) mass is 223 g/mol. The van der Waals surface area contributed by atoms with Crippen molar-refractivity contribution in [2.45, 2.75) is 38.3 Å². The Morgan fingerprint density at radius 1 is 1.38 bits per heavy atom. The minimum absolute atomic E-state index is 0.299. The van der Waals surface area contributed by atoms with Crippen molar-refractivity contribution >= 4 is 0 Å². The lowest BCUT2D eigenvalue weighted by molar-refractivity contribution is 0.385. The fourth-order valence-electron chi connectivity index (χ4n) is 2.21. The van der Waals surface area contributed by atoms with Crippen molar-refractivity contribution in [1.82, 2.24) is 5.32 Å². The fraction of sp³-hybridized carbons (Fsp3) is 0.538. The predicted molar refractivity (Wildman–Crippen MR) is 62.0 cm³/mol. The summed E-state index contributed by atoms with van der Waals surface area (Å²) in [6.07, 6.45) is 5.17. The molecule has 0 heterocycles. The van der Waals surface area contributed by atoms with Crippen LogP contribution in [0.1, 0.15) is 31.2 Å². The second kappa shape index (κ2) is 5.30. The van der Waals surface area contributed by atoms with E-state index in [1.807, 2.05) is 0 Å². The van der Waals surface area contributed by atoms with E-state index in [-0.39, 0.29) is 5.82 Å². The molecule has 0 unspecified atom stereocenters. The summed E-state index contributed by atoms with van der Waals surface area (Å²) in [6, 6.07) is 5.66. The van der Waals surface area contributed by atoms with Gasteiger partial charge in [0.15, 0.2) is 11.6 Å². The van der Waals surface area contributed by atoms with Gasteiger partial charge in [-0.05, 0) is 30.5 Å². The molecule has 0 atom stereocenters. The molecule has 0 aliphatic heterocycles. The van der Waals surface area contributed by atoms with Crippen molar-refractivity contribution in [3.05, 3.63) is 29.6 Å². The van der Waals surface area contributed by atoms with Crippen LogP contribution < -0.4 is 10.1 Å². The Morgan fingerprint density at radius 2 is 2.12 bits per heavy atom. The van der Waals surface area contributed by atoms with Gasteiger partial charge in [0.1, 0.15) is 0 Å². The SMILES string of the molecule is COc1cc(CNC2CCCC2)ccc1F. The summed E-state index contributed by atoms with van der Waals surface area (Å²) in [6.45, 7) is 0.793. The Morgan fingerprint density at radius 3 is 2.81 bits per heavy atom. The zero-order chi connectivity index (χ0) is 11.4. The van der Waals surface area contributed by atoms with Crippen LogP contribution in [0, 0.1) is 5.82 Å². The number of halogens is 1. The van der Waals surface area contributed by atoms with Crippen molar-refractivity contribution in [1.29, 1.82) is 0 Å². The maximum absolute atomic E-state index is 13.2. The third kappa shape index (κ3) is 2.73. The first-order valence-electron chi connectivity index (χ1n) is 5.85. The summed E-state index contributed by atoms with van der Waals surface area (Å²) in [7, 11) is 1.49. The topological polar surface area (TPSA) is 21.3 Å². The van der Waals surface area contributed by atoms with E-state index >= 15 is 0 Å². The summed E-state index contributed by atoms with van der Waals surface area (Å²) >= 11 is 0. The zero-order valence-electron chi connectivity index (χ0n) is 9.63. The van der Waals surface area contributed by atoms with E-state index in [4.69, 9.17) is 4.74 Å². The number of hydrogen-bond donors (Lipinski definition) is 1. The molecule has 1 aliphatic rings. The Hall–Kier alpha value is -1.09. The Labute approximate surface area is 95.8 Å². The van der Waals surface area contributed by atoms with Gasteiger partial charge in [-0.3, -0.25) is 0 Å². The lowest BCUT2D eigenvalue weighted by Crippen LogP contribution is -2.25.